The van der Waals surface area contributed by atoms with Crippen LogP contribution in [0.15, 0.2) is 36.1 Å². The number of carboxylic acids is 1. The lowest BCUT2D eigenvalue weighted by Crippen LogP contribution is -2.12. The smallest absolute Gasteiger partial charge is 0.339 e. The van der Waals surface area contributed by atoms with Gasteiger partial charge in [-0.3, -0.25) is 0 Å². The van der Waals surface area contributed by atoms with Gasteiger partial charge in [-0.15, -0.1) is 0 Å². The van der Waals surface area contributed by atoms with E-state index in [2.05, 4.69) is 0 Å². The van der Waals surface area contributed by atoms with Gasteiger partial charge in [0, 0.05) is 6.42 Å². The number of esters is 1. The number of rotatable bonds is 7. The second-order valence-corrected chi connectivity index (χ2v) is 4.41. The van der Waals surface area contributed by atoms with Crippen molar-refractivity contribution in [3.05, 3.63) is 47.2 Å². The van der Waals surface area contributed by atoms with Crippen molar-refractivity contribution in [3.8, 4) is 0 Å². The third-order valence-electron chi connectivity index (χ3n) is 2.34. The normalized spacial score (nSPS) is 9.70. The minimum absolute atomic E-state index is 0.0571. The van der Waals surface area contributed by atoms with Crippen molar-refractivity contribution in [3.63, 3.8) is 0 Å². The van der Waals surface area contributed by atoms with Crippen LogP contribution in [0.2, 0.25) is 0 Å². The lowest BCUT2D eigenvalue weighted by molar-refractivity contribution is 0.0468. The van der Waals surface area contributed by atoms with Gasteiger partial charge in [0.1, 0.15) is 0 Å². The van der Waals surface area contributed by atoms with Crippen LogP contribution in [-0.4, -0.2) is 30.3 Å². The van der Waals surface area contributed by atoms with Crippen molar-refractivity contribution in [2.75, 3.05) is 13.2 Å². The molecule has 5 nitrogen and oxygen atoms in total. The summed E-state index contributed by atoms with van der Waals surface area (Å²) in [6.45, 7) is 4.47. The third kappa shape index (κ3) is 5.14. The molecule has 0 aliphatic carbocycles. The highest BCUT2D eigenvalue weighted by Crippen LogP contribution is 2.10. The van der Waals surface area contributed by atoms with Gasteiger partial charge in [0.2, 0.25) is 0 Å². The van der Waals surface area contributed by atoms with E-state index in [1.165, 1.54) is 12.1 Å². The average Bonchev–Trinajstić information content (AvgIpc) is 2.42. The number of allylic oxidation sites excluding steroid dienone is 1. The number of carboxylic acid groups (broad SMARTS) is 1. The van der Waals surface area contributed by atoms with Crippen molar-refractivity contribution >= 4 is 11.9 Å². The third-order valence-corrected chi connectivity index (χ3v) is 2.34. The van der Waals surface area contributed by atoms with Crippen molar-refractivity contribution in [1.82, 2.24) is 0 Å². The maximum atomic E-state index is 11.8. The van der Waals surface area contributed by atoms with E-state index in [1.54, 1.807) is 18.4 Å². The molecule has 0 fully saturated rings. The molecule has 1 N–H and O–H groups in total. The highest BCUT2D eigenvalue weighted by molar-refractivity contribution is 6.02. The monoisotopic (exact) mass is 278 g/mol. The molecular formula is C15H18O5. The van der Waals surface area contributed by atoms with Crippen LogP contribution in [0, 0.1) is 0 Å². The van der Waals surface area contributed by atoms with Crippen LogP contribution in [0.1, 0.15) is 41.0 Å². The molecular weight excluding hydrogens is 260 g/mol. The molecule has 0 aliphatic rings. The molecule has 0 spiro atoms. The standard InChI is InChI=1S/C15H18O5/c1-11(2)10-19-8-5-9-20-15(18)13-7-4-3-6-12(13)14(16)17/h3-4,6-7,10H,5,8-9H2,1-2H3,(H,16,17). The Kier molecular flexibility index (Phi) is 6.29. The summed E-state index contributed by atoms with van der Waals surface area (Å²) >= 11 is 0. The van der Waals surface area contributed by atoms with Crippen LogP contribution < -0.4 is 0 Å². The Hall–Kier alpha value is -2.30. The van der Waals surface area contributed by atoms with Crippen molar-refractivity contribution in [2.24, 2.45) is 0 Å². The molecule has 0 unspecified atom stereocenters. The van der Waals surface area contributed by atoms with E-state index in [4.69, 9.17) is 14.6 Å². The summed E-state index contributed by atoms with van der Waals surface area (Å²) < 4.78 is 10.2. The van der Waals surface area contributed by atoms with Crippen LogP contribution in [0.5, 0.6) is 0 Å². The number of carbonyl (C=O) groups excluding carboxylic acids is 1. The van der Waals surface area contributed by atoms with Gasteiger partial charge in [0.25, 0.3) is 0 Å². The molecule has 20 heavy (non-hydrogen) atoms. The number of hydrogen-bond donors (Lipinski definition) is 1. The summed E-state index contributed by atoms with van der Waals surface area (Å²) in [4.78, 5) is 22.7. The molecule has 0 radical (unpaired) electrons. The fraction of sp³-hybridized carbons (Fsp3) is 0.333. The largest absolute Gasteiger partial charge is 0.501 e. The quantitative estimate of drug-likeness (QED) is 0.471. The molecule has 0 atom stereocenters. The Balaban J connectivity index is 2.44. The van der Waals surface area contributed by atoms with Gasteiger partial charge in [-0.1, -0.05) is 12.1 Å². The number of hydrogen-bond acceptors (Lipinski definition) is 4. The first-order valence-corrected chi connectivity index (χ1v) is 6.27. The zero-order valence-corrected chi connectivity index (χ0v) is 11.6. The van der Waals surface area contributed by atoms with Gasteiger partial charge in [-0.2, -0.15) is 0 Å². The zero-order valence-electron chi connectivity index (χ0n) is 11.6. The van der Waals surface area contributed by atoms with Gasteiger partial charge in [-0.05, 0) is 31.6 Å². The molecule has 1 aromatic rings. The summed E-state index contributed by atoms with van der Waals surface area (Å²) in [5, 5.41) is 8.97. The van der Waals surface area contributed by atoms with E-state index in [0.29, 0.717) is 13.0 Å². The SMILES string of the molecule is CC(C)=COCCCOC(=O)c1ccccc1C(=O)O. The highest BCUT2D eigenvalue weighted by Gasteiger charge is 2.16. The molecule has 0 bridgehead atoms. The lowest BCUT2D eigenvalue weighted by atomic mass is 10.1. The second-order valence-electron chi connectivity index (χ2n) is 4.41. The van der Waals surface area contributed by atoms with E-state index < -0.39 is 11.9 Å². The highest BCUT2D eigenvalue weighted by atomic mass is 16.5. The first-order valence-electron chi connectivity index (χ1n) is 6.27. The Bertz CT molecular complexity index is 501. The molecule has 0 aromatic heterocycles. The number of benzene rings is 1. The maximum absolute atomic E-state index is 11.8. The Morgan fingerprint density at radius 1 is 1.15 bits per heavy atom. The van der Waals surface area contributed by atoms with Gasteiger partial charge < -0.3 is 14.6 Å². The fourth-order valence-electron chi connectivity index (χ4n) is 1.46. The van der Waals surface area contributed by atoms with E-state index in [1.807, 2.05) is 13.8 Å². The van der Waals surface area contributed by atoms with Gasteiger partial charge in [-0.25, -0.2) is 9.59 Å². The summed E-state index contributed by atoms with van der Waals surface area (Å²) in [6, 6.07) is 5.97. The molecule has 0 saturated heterocycles. The van der Waals surface area contributed by atoms with Crippen molar-refractivity contribution < 1.29 is 24.2 Å². The summed E-state index contributed by atoms with van der Waals surface area (Å²) in [5.41, 5.74) is 1.06. The minimum Gasteiger partial charge on any atom is -0.501 e. The second kappa shape index (κ2) is 7.99. The molecule has 108 valence electrons. The first kappa shape index (κ1) is 15.8. The predicted molar refractivity (Wildman–Crippen MR) is 73.7 cm³/mol. The summed E-state index contributed by atoms with van der Waals surface area (Å²) in [5.74, 6) is -1.78. The van der Waals surface area contributed by atoms with Gasteiger partial charge >= 0.3 is 11.9 Å². The number of aromatic carboxylic acids is 1. The van der Waals surface area contributed by atoms with E-state index >= 15 is 0 Å². The van der Waals surface area contributed by atoms with Crippen molar-refractivity contribution in [1.29, 1.82) is 0 Å². The molecule has 0 amide bonds. The summed E-state index contributed by atoms with van der Waals surface area (Å²) in [7, 11) is 0. The maximum Gasteiger partial charge on any atom is 0.339 e. The van der Waals surface area contributed by atoms with Gasteiger partial charge in [0.05, 0.1) is 30.6 Å². The van der Waals surface area contributed by atoms with Crippen LogP contribution >= 0.6 is 0 Å². The first-order chi connectivity index (χ1) is 9.52. The van der Waals surface area contributed by atoms with Crippen molar-refractivity contribution in [2.45, 2.75) is 20.3 Å². The van der Waals surface area contributed by atoms with Crippen LogP contribution in [0.4, 0.5) is 0 Å². The fourth-order valence-corrected chi connectivity index (χ4v) is 1.46. The van der Waals surface area contributed by atoms with Crippen LogP contribution in [0.25, 0.3) is 0 Å². The molecule has 1 rings (SSSR count). The van der Waals surface area contributed by atoms with E-state index in [-0.39, 0.29) is 17.7 Å². The molecule has 0 saturated carbocycles. The topological polar surface area (TPSA) is 72.8 Å². The van der Waals surface area contributed by atoms with Gasteiger partial charge in [0.15, 0.2) is 0 Å². The minimum atomic E-state index is -1.15. The number of ether oxygens (including phenoxy) is 2. The van der Waals surface area contributed by atoms with E-state index in [9.17, 15) is 9.59 Å². The van der Waals surface area contributed by atoms with E-state index in [0.717, 1.165) is 5.57 Å². The Morgan fingerprint density at radius 3 is 2.40 bits per heavy atom. The Morgan fingerprint density at radius 2 is 1.80 bits per heavy atom. The Labute approximate surface area is 117 Å². The van der Waals surface area contributed by atoms with Crippen LogP contribution in [-0.2, 0) is 9.47 Å². The van der Waals surface area contributed by atoms with Crippen LogP contribution in [0.3, 0.4) is 0 Å². The summed E-state index contributed by atoms with van der Waals surface area (Å²) in [6.07, 6.45) is 2.19. The predicted octanol–water partition coefficient (Wildman–Crippen LogP) is 2.87. The molecule has 0 heterocycles. The zero-order chi connectivity index (χ0) is 15.0. The molecule has 5 heteroatoms. The lowest BCUT2D eigenvalue weighted by Gasteiger charge is -2.07. The average molecular weight is 278 g/mol. The molecule has 0 aliphatic heterocycles. The molecule has 1 aromatic carbocycles. The number of carbonyl (C=O) groups is 2.